The van der Waals surface area contributed by atoms with Gasteiger partial charge in [-0.15, -0.1) is 6.58 Å². The summed E-state index contributed by atoms with van der Waals surface area (Å²) in [5.74, 6) is 6.52. The number of rotatable bonds is 14. The molecule has 2 rings (SSSR count). The van der Waals surface area contributed by atoms with Crippen LogP contribution in [0, 0.1) is 22.7 Å². The Kier molecular flexibility index (Phi) is 21.0. The van der Waals surface area contributed by atoms with Gasteiger partial charge in [0.1, 0.15) is 5.60 Å². The normalized spacial score (nSPS) is 24.2. The number of allylic oxidation sites excluding steroid dienone is 1. The lowest BCUT2D eigenvalue weighted by molar-refractivity contribution is -0.172. The molecule has 10 heteroatoms. The summed E-state index contributed by atoms with van der Waals surface area (Å²) in [6.45, 7) is 56.6. The minimum Gasteiger partial charge on any atom is -0.411 e. The molecule has 0 aromatic heterocycles. The van der Waals surface area contributed by atoms with E-state index in [1.807, 2.05) is 82.2 Å². The lowest BCUT2D eigenvalue weighted by Gasteiger charge is -2.48. The van der Waals surface area contributed by atoms with Gasteiger partial charge >= 0.3 is 0 Å². The van der Waals surface area contributed by atoms with Crippen molar-refractivity contribution in [3.63, 3.8) is 0 Å². The Morgan fingerprint density at radius 3 is 1.56 bits per heavy atom. The molecule has 0 radical (unpaired) electrons. The zero-order valence-electron chi connectivity index (χ0n) is 42.2. The summed E-state index contributed by atoms with van der Waals surface area (Å²) < 4.78 is 35.1. The minimum absolute atomic E-state index is 0.0250. The molecule has 6 atom stereocenters. The molecular weight excluding hydrogens is 773 g/mol. The Bertz CT molecular complexity index is 1510. The molecule has 2 aliphatic rings. The third kappa shape index (κ3) is 17.2. The van der Waals surface area contributed by atoms with Crippen molar-refractivity contribution in [2.75, 3.05) is 13.2 Å². The van der Waals surface area contributed by atoms with Crippen LogP contribution in [0.4, 0.5) is 0 Å². The highest BCUT2D eigenvalue weighted by Crippen LogP contribution is 2.47. The van der Waals surface area contributed by atoms with Gasteiger partial charge in [0.15, 0.2) is 40.6 Å². The second kappa shape index (κ2) is 21.6. The van der Waals surface area contributed by atoms with E-state index in [0.717, 1.165) is 17.6 Å². The zero-order chi connectivity index (χ0) is 46.9. The van der Waals surface area contributed by atoms with Crippen LogP contribution >= 0.6 is 0 Å². The van der Waals surface area contributed by atoms with Gasteiger partial charge in [0.25, 0.3) is 0 Å². The van der Waals surface area contributed by atoms with Crippen molar-refractivity contribution >= 4 is 22.4 Å². The molecule has 0 amide bonds. The first-order valence-electron chi connectivity index (χ1n) is 21.7. The van der Waals surface area contributed by atoms with Crippen molar-refractivity contribution in [2.45, 2.75) is 222 Å². The van der Waals surface area contributed by atoms with E-state index in [9.17, 15) is 9.90 Å². The standard InChI is InChI=1S/C25H44O4Si.C15H28O2Si.C9H18O2/c1-13-24(10,28-20(4)27-14-2)15-16-25(26)19(3)17-21(18-23(25,8)9)29-30(11,12)22(5,6)7;1-11-9-12(10-15(5,6)13(11)16)17-18(7,8)14(2,3)4;1-6-9(4,5)11-8(3)10-7-2/h13,17,20-21,26H,1,14,18H2,2-12H3;9,12H,10H2,1-8H3;6,8H,1,7H2,2-5H3/t20?,21-,24?,25?;12-;/m11./s1. The molecule has 0 aromatic rings. The predicted octanol–water partition coefficient (Wildman–Crippen LogP) is 12.5. The lowest BCUT2D eigenvalue weighted by Crippen LogP contribution is -2.52. The third-order valence-corrected chi connectivity index (χ3v) is 21.4. The number of hydrogen-bond donors (Lipinski definition) is 1. The fourth-order valence-corrected chi connectivity index (χ4v) is 8.94. The van der Waals surface area contributed by atoms with Gasteiger partial charge in [0.2, 0.25) is 0 Å². The predicted molar refractivity (Wildman–Crippen MR) is 253 cm³/mol. The lowest BCUT2D eigenvalue weighted by atomic mass is 9.64. The average molecular weight is 863 g/mol. The molecule has 0 heterocycles. The van der Waals surface area contributed by atoms with E-state index in [0.29, 0.717) is 19.6 Å². The Morgan fingerprint density at radius 1 is 0.780 bits per heavy atom. The highest BCUT2D eigenvalue weighted by molar-refractivity contribution is 6.74. The molecule has 0 spiro atoms. The fourth-order valence-electron chi connectivity index (χ4n) is 6.42. The van der Waals surface area contributed by atoms with E-state index in [1.165, 1.54) is 0 Å². The van der Waals surface area contributed by atoms with E-state index < -0.39 is 39.5 Å². The number of aliphatic hydroxyl groups is 1. The summed E-state index contributed by atoms with van der Waals surface area (Å²) in [7, 11) is -3.68. The molecule has 1 N–H and O–H groups in total. The van der Waals surface area contributed by atoms with Crippen molar-refractivity contribution in [3.05, 3.63) is 48.6 Å². The molecule has 8 nitrogen and oxygen atoms in total. The van der Waals surface area contributed by atoms with Gasteiger partial charge in [-0.3, -0.25) is 4.79 Å². The van der Waals surface area contributed by atoms with Crippen LogP contribution in [0.15, 0.2) is 48.6 Å². The largest absolute Gasteiger partial charge is 0.411 e. The summed E-state index contributed by atoms with van der Waals surface area (Å²) in [5, 5.41) is 12.0. The summed E-state index contributed by atoms with van der Waals surface area (Å²) in [6.07, 6.45) is 8.48. The van der Waals surface area contributed by atoms with E-state index in [2.05, 4.69) is 113 Å². The maximum Gasteiger partial charge on any atom is 0.192 e. The van der Waals surface area contributed by atoms with E-state index in [-0.39, 0.29) is 45.4 Å². The third-order valence-electron chi connectivity index (χ3n) is 12.4. The highest BCUT2D eigenvalue weighted by atomic mass is 28.4. The van der Waals surface area contributed by atoms with Crippen molar-refractivity contribution in [1.82, 2.24) is 0 Å². The van der Waals surface area contributed by atoms with E-state index >= 15 is 0 Å². The number of carbonyl (C=O) groups is 1. The van der Waals surface area contributed by atoms with Crippen LogP contribution in [0.3, 0.4) is 0 Å². The van der Waals surface area contributed by atoms with Gasteiger partial charge in [-0.05, 0) is 129 Å². The molecule has 0 saturated heterocycles. The quantitative estimate of drug-likeness (QED) is 0.0799. The molecule has 0 aromatic carbocycles. The van der Waals surface area contributed by atoms with Gasteiger partial charge in [-0.2, -0.15) is 0 Å². The molecule has 0 aliphatic heterocycles. The first-order chi connectivity index (χ1) is 26.3. The maximum atomic E-state index is 12.0. The number of carbonyl (C=O) groups excluding carboxylic acids is 1. The minimum atomic E-state index is -1.92. The van der Waals surface area contributed by atoms with E-state index in [1.54, 1.807) is 12.2 Å². The summed E-state index contributed by atoms with van der Waals surface area (Å²) >= 11 is 0. The Labute approximate surface area is 365 Å². The molecule has 0 fully saturated rings. The first kappa shape index (κ1) is 57.3. The zero-order valence-corrected chi connectivity index (χ0v) is 44.2. The molecule has 0 saturated carbocycles. The monoisotopic (exact) mass is 863 g/mol. The molecule has 4 unspecified atom stereocenters. The average Bonchev–Trinajstić information content (AvgIpc) is 3.04. The van der Waals surface area contributed by atoms with Gasteiger partial charge in [0.05, 0.1) is 17.8 Å². The maximum absolute atomic E-state index is 12.0. The van der Waals surface area contributed by atoms with Crippen molar-refractivity contribution in [1.29, 1.82) is 0 Å². The Balaban J connectivity index is 0.000000975. The molecule has 59 heavy (non-hydrogen) atoms. The summed E-state index contributed by atoms with van der Waals surface area (Å²) in [5.41, 5.74) is -1.59. The second-order valence-corrected chi connectivity index (χ2v) is 30.9. The van der Waals surface area contributed by atoms with Crippen LogP contribution in [-0.4, -0.2) is 82.3 Å². The summed E-state index contributed by atoms with van der Waals surface area (Å²) in [4.78, 5) is 12.0. The molecule has 0 bridgehead atoms. The van der Waals surface area contributed by atoms with Crippen LogP contribution in [0.25, 0.3) is 0 Å². The van der Waals surface area contributed by atoms with Crippen LogP contribution in [0.2, 0.25) is 36.3 Å². The van der Waals surface area contributed by atoms with Gasteiger partial charge in [-0.25, -0.2) is 0 Å². The highest BCUT2D eigenvalue weighted by Gasteiger charge is 2.50. The summed E-state index contributed by atoms with van der Waals surface area (Å²) in [6, 6.07) is 0. The van der Waals surface area contributed by atoms with Gasteiger partial charge in [0, 0.05) is 24.0 Å². The SMILES string of the molecule is C=CC(C)(C#CC1(O)C(C)=C[C@@H](O[Si](C)(C)C(C)(C)C)CC1(C)C)OC(C)OCC.C=CC(C)(C)OC(C)OCC.CC1=C[C@@H](O[Si](C)(C)C(C)(C)C)CC(C)(C)C1=O. The number of ketones is 1. The topological polar surface area (TPSA) is 92.7 Å². The smallest absolute Gasteiger partial charge is 0.192 e. The van der Waals surface area contributed by atoms with Gasteiger partial charge in [-0.1, -0.05) is 106 Å². The number of Topliss-reactive ketones (excluding diaryl/α,β-unsaturated/α-hetero) is 1. The van der Waals surface area contributed by atoms with Gasteiger partial charge < -0.3 is 32.9 Å². The van der Waals surface area contributed by atoms with Crippen molar-refractivity contribution in [2.24, 2.45) is 10.8 Å². The van der Waals surface area contributed by atoms with Crippen LogP contribution in [0.1, 0.15) is 144 Å². The Morgan fingerprint density at radius 2 is 1.20 bits per heavy atom. The second-order valence-electron chi connectivity index (χ2n) is 21.4. The molecular formula is C49H90O8Si2. The Hall–Kier alpha value is -1.66. The van der Waals surface area contributed by atoms with Crippen molar-refractivity contribution in [3.8, 4) is 11.8 Å². The van der Waals surface area contributed by atoms with Crippen LogP contribution < -0.4 is 0 Å². The molecule has 2 aliphatic carbocycles. The fraction of sp³-hybridized carbons (Fsp3) is 0.776. The molecule has 342 valence electrons. The number of hydrogen-bond acceptors (Lipinski definition) is 8. The van der Waals surface area contributed by atoms with Crippen LogP contribution in [0.5, 0.6) is 0 Å². The van der Waals surface area contributed by atoms with E-state index in [4.69, 9.17) is 27.8 Å². The first-order valence-corrected chi connectivity index (χ1v) is 27.5. The number of ether oxygens (including phenoxy) is 4. The van der Waals surface area contributed by atoms with Crippen LogP contribution in [-0.2, 0) is 32.6 Å². The van der Waals surface area contributed by atoms with Crippen molar-refractivity contribution < 1.29 is 37.7 Å².